The van der Waals surface area contributed by atoms with Gasteiger partial charge in [-0.2, -0.15) is 0 Å². The van der Waals surface area contributed by atoms with Crippen molar-refractivity contribution < 1.29 is 9.84 Å². The Kier molecular flexibility index (Phi) is 4.62. The van der Waals surface area contributed by atoms with Gasteiger partial charge in [-0.25, -0.2) is 0 Å². The van der Waals surface area contributed by atoms with Gasteiger partial charge in [-0.15, -0.1) is 0 Å². The van der Waals surface area contributed by atoms with E-state index in [1.165, 1.54) is 11.1 Å². The number of hydrogen-bond acceptors (Lipinski definition) is 2. The van der Waals surface area contributed by atoms with Crippen LogP contribution in [0, 0.1) is 0 Å². The van der Waals surface area contributed by atoms with E-state index < -0.39 is 0 Å². The van der Waals surface area contributed by atoms with E-state index in [0.717, 1.165) is 11.3 Å². The minimum Gasteiger partial charge on any atom is -0.508 e. The van der Waals surface area contributed by atoms with Crippen molar-refractivity contribution in [1.82, 2.24) is 0 Å². The molecular formula is C21H20O2. The first-order chi connectivity index (χ1) is 11.3. The zero-order valence-corrected chi connectivity index (χ0v) is 13.1. The average Bonchev–Trinajstić information content (AvgIpc) is 2.60. The molecule has 0 bridgehead atoms. The van der Waals surface area contributed by atoms with Crippen LogP contribution in [-0.2, 0) is 0 Å². The van der Waals surface area contributed by atoms with Crippen molar-refractivity contribution in [2.75, 3.05) is 6.61 Å². The first-order valence-corrected chi connectivity index (χ1v) is 7.84. The van der Waals surface area contributed by atoms with Gasteiger partial charge < -0.3 is 9.84 Å². The minimum absolute atomic E-state index is 0.132. The van der Waals surface area contributed by atoms with Gasteiger partial charge in [0.1, 0.15) is 11.5 Å². The first kappa shape index (κ1) is 15.2. The highest BCUT2D eigenvalue weighted by Crippen LogP contribution is 2.33. The molecule has 1 N–H and O–H groups in total. The molecule has 2 nitrogen and oxygen atoms in total. The van der Waals surface area contributed by atoms with Gasteiger partial charge in [-0.05, 0) is 47.9 Å². The summed E-state index contributed by atoms with van der Waals surface area (Å²) in [4.78, 5) is 0. The molecule has 1 unspecified atom stereocenters. The van der Waals surface area contributed by atoms with Gasteiger partial charge in [-0.1, -0.05) is 54.6 Å². The topological polar surface area (TPSA) is 29.5 Å². The van der Waals surface area contributed by atoms with E-state index in [1.807, 2.05) is 37.3 Å². The average molecular weight is 304 g/mol. The van der Waals surface area contributed by atoms with E-state index >= 15 is 0 Å². The molecule has 0 radical (unpaired) electrons. The number of rotatable bonds is 5. The van der Waals surface area contributed by atoms with Crippen LogP contribution in [0.15, 0.2) is 78.9 Å². The molecule has 0 aromatic heterocycles. The Morgan fingerprint density at radius 1 is 0.739 bits per heavy atom. The predicted octanol–water partition coefficient (Wildman–Crippen LogP) is 4.97. The lowest BCUT2D eigenvalue weighted by atomic mass is 9.85. The standard InChI is InChI=1S/C21H20O2/c1-2-23-20-14-10-18(11-15-20)21(16-6-4-3-5-7-16)17-8-12-19(22)13-9-17/h3-15,21-22H,2H2,1H3. The molecule has 0 amide bonds. The summed E-state index contributed by atoms with van der Waals surface area (Å²) in [6.07, 6.45) is 0. The fourth-order valence-corrected chi connectivity index (χ4v) is 2.81. The van der Waals surface area contributed by atoms with Crippen molar-refractivity contribution in [3.63, 3.8) is 0 Å². The summed E-state index contributed by atoms with van der Waals surface area (Å²) in [7, 11) is 0. The van der Waals surface area contributed by atoms with Gasteiger partial charge in [0.25, 0.3) is 0 Å². The first-order valence-electron chi connectivity index (χ1n) is 7.84. The summed E-state index contributed by atoms with van der Waals surface area (Å²) in [5.41, 5.74) is 3.57. The van der Waals surface area contributed by atoms with Gasteiger partial charge in [-0.3, -0.25) is 0 Å². The summed E-state index contributed by atoms with van der Waals surface area (Å²) in [5.74, 6) is 1.30. The third kappa shape index (κ3) is 3.54. The smallest absolute Gasteiger partial charge is 0.119 e. The highest BCUT2D eigenvalue weighted by molar-refractivity contribution is 5.45. The molecule has 0 aliphatic heterocycles. The quantitative estimate of drug-likeness (QED) is 0.674. The zero-order valence-electron chi connectivity index (χ0n) is 13.1. The van der Waals surface area contributed by atoms with E-state index in [4.69, 9.17) is 4.74 Å². The Morgan fingerprint density at radius 2 is 1.26 bits per heavy atom. The van der Waals surface area contributed by atoms with Gasteiger partial charge in [0.2, 0.25) is 0 Å². The highest BCUT2D eigenvalue weighted by atomic mass is 16.5. The number of benzene rings is 3. The Hall–Kier alpha value is -2.74. The molecule has 0 fully saturated rings. The van der Waals surface area contributed by atoms with E-state index in [9.17, 15) is 5.11 Å². The Balaban J connectivity index is 2.03. The van der Waals surface area contributed by atoms with Crippen LogP contribution in [0.2, 0.25) is 0 Å². The van der Waals surface area contributed by atoms with Crippen LogP contribution in [0.1, 0.15) is 29.5 Å². The molecule has 2 heteroatoms. The maximum absolute atomic E-state index is 9.56. The molecule has 1 atom stereocenters. The van der Waals surface area contributed by atoms with Crippen molar-refractivity contribution in [3.8, 4) is 11.5 Å². The molecular weight excluding hydrogens is 284 g/mol. The lowest BCUT2D eigenvalue weighted by molar-refractivity contribution is 0.340. The molecule has 0 spiro atoms. The SMILES string of the molecule is CCOc1ccc(C(c2ccccc2)c2ccc(O)cc2)cc1. The molecule has 0 saturated carbocycles. The normalized spacial score (nSPS) is 11.9. The maximum atomic E-state index is 9.56. The molecule has 0 heterocycles. The fraction of sp³-hybridized carbons (Fsp3) is 0.143. The Labute approximate surface area is 137 Å². The van der Waals surface area contributed by atoms with Crippen LogP contribution in [0.5, 0.6) is 11.5 Å². The van der Waals surface area contributed by atoms with Gasteiger partial charge >= 0.3 is 0 Å². The van der Waals surface area contributed by atoms with E-state index in [1.54, 1.807) is 12.1 Å². The monoisotopic (exact) mass is 304 g/mol. The molecule has 116 valence electrons. The summed E-state index contributed by atoms with van der Waals surface area (Å²) >= 11 is 0. The highest BCUT2D eigenvalue weighted by Gasteiger charge is 2.16. The van der Waals surface area contributed by atoms with Crippen LogP contribution < -0.4 is 4.74 Å². The maximum Gasteiger partial charge on any atom is 0.119 e. The summed E-state index contributed by atoms with van der Waals surface area (Å²) in [6, 6.07) is 26.0. The molecule has 3 aromatic rings. The Bertz CT molecular complexity index is 731. The van der Waals surface area contributed by atoms with Crippen LogP contribution in [0.4, 0.5) is 0 Å². The third-order valence-corrected chi connectivity index (χ3v) is 3.88. The molecule has 23 heavy (non-hydrogen) atoms. The lowest BCUT2D eigenvalue weighted by Gasteiger charge is -2.19. The number of ether oxygens (including phenoxy) is 1. The van der Waals surface area contributed by atoms with Gasteiger partial charge in [0.15, 0.2) is 0 Å². The predicted molar refractivity (Wildman–Crippen MR) is 93.1 cm³/mol. The van der Waals surface area contributed by atoms with Crippen LogP contribution in [0.3, 0.4) is 0 Å². The fourth-order valence-electron chi connectivity index (χ4n) is 2.81. The van der Waals surface area contributed by atoms with Crippen LogP contribution >= 0.6 is 0 Å². The second kappa shape index (κ2) is 7.01. The Morgan fingerprint density at radius 3 is 1.83 bits per heavy atom. The molecule has 3 rings (SSSR count). The minimum atomic E-state index is 0.132. The van der Waals surface area contributed by atoms with Gasteiger partial charge in [0.05, 0.1) is 6.61 Å². The second-order valence-electron chi connectivity index (χ2n) is 5.44. The lowest BCUT2D eigenvalue weighted by Crippen LogP contribution is -2.03. The third-order valence-electron chi connectivity index (χ3n) is 3.88. The summed E-state index contributed by atoms with van der Waals surface area (Å²) < 4.78 is 5.53. The molecule has 3 aromatic carbocycles. The zero-order chi connectivity index (χ0) is 16.1. The second-order valence-corrected chi connectivity index (χ2v) is 5.44. The summed E-state index contributed by atoms with van der Waals surface area (Å²) in [6.45, 7) is 2.65. The van der Waals surface area contributed by atoms with E-state index in [-0.39, 0.29) is 11.7 Å². The number of aromatic hydroxyl groups is 1. The van der Waals surface area contributed by atoms with Gasteiger partial charge in [0, 0.05) is 5.92 Å². The van der Waals surface area contributed by atoms with Crippen molar-refractivity contribution in [1.29, 1.82) is 0 Å². The number of phenols is 1. The van der Waals surface area contributed by atoms with Crippen LogP contribution in [0.25, 0.3) is 0 Å². The van der Waals surface area contributed by atoms with Crippen molar-refractivity contribution in [3.05, 3.63) is 95.6 Å². The van der Waals surface area contributed by atoms with Crippen LogP contribution in [-0.4, -0.2) is 11.7 Å². The van der Waals surface area contributed by atoms with Crippen molar-refractivity contribution in [2.45, 2.75) is 12.8 Å². The van der Waals surface area contributed by atoms with Crippen molar-refractivity contribution >= 4 is 0 Å². The summed E-state index contributed by atoms with van der Waals surface area (Å²) in [5, 5.41) is 9.56. The molecule has 0 aliphatic rings. The molecule has 0 aliphatic carbocycles. The van der Waals surface area contributed by atoms with Crippen molar-refractivity contribution in [2.24, 2.45) is 0 Å². The van der Waals surface area contributed by atoms with E-state index in [2.05, 4.69) is 36.4 Å². The number of hydrogen-bond donors (Lipinski definition) is 1. The molecule has 0 saturated heterocycles. The number of phenolic OH excluding ortho intramolecular Hbond substituents is 1. The van der Waals surface area contributed by atoms with E-state index in [0.29, 0.717) is 6.61 Å². The largest absolute Gasteiger partial charge is 0.508 e.